The number of piperidine rings is 1. The molecule has 0 aromatic rings. The average Bonchev–Trinajstić information content (AvgIpc) is 2.83. The minimum atomic E-state index is 0.889. The van der Waals surface area contributed by atoms with Crippen LogP contribution in [-0.4, -0.2) is 62.7 Å². The van der Waals surface area contributed by atoms with E-state index in [0.29, 0.717) is 0 Å². The number of nitrogens with one attached hydrogen (secondary N) is 1. The Morgan fingerprint density at radius 1 is 1.24 bits per heavy atom. The summed E-state index contributed by atoms with van der Waals surface area (Å²) in [6.07, 6.45) is 6.97. The first kappa shape index (κ1) is 13.3. The highest BCUT2D eigenvalue weighted by atomic mass is 15.1. The number of rotatable bonds is 6. The summed E-state index contributed by atoms with van der Waals surface area (Å²) < 4.78 is 0. The lowest BCUT2D eigenvalue weighted by atomic mass is 9.99. The van der Waals surface area contributed by atoms with Crippen LogP contribution in [0.5, 0.6) is 0 Å². The van der Waals surface area contributed by atoms with Gasteiger partial charge in [-0.05, 0) is 84.3 Å². The van der Waals surface area contributed by atoms with Crippen LogP contribution in [0.25, 0.3) is 0 Å². The molecule has 17 heavy (non-hydrogen) atoms. The standard InChI is InChI=1S/C14H29N3/c1-16(13-14-6-4-7-15-12-14)8-5-11-17-9-2-3-10-17/h14-15H,2-13H2,1H3. The van der Waals surface area contributed by atoms with Crippen molar-refractivity contribution >= 4 is 0 Å². The molecule has 2 aliphatic rings. The minimum absolute atomic E-state index is 0.889. The van der Waals surface area contributed by atoms with Gasteiger partial charge in [0.1, 0.15) is 0 Å². The van der Waals surface area contributed by atoms with Crippen LogP contribution in [0.2, 0.25) is 0 Å². The van der Waals surface area contributed by atoms with Crippen LogP contribution in [0.15, 0.2) is 0 Å². The summed E-state index contributed by atoms with van der Waals surface area (Å²) in [6, 6.07) is 0. The van der Waals surface area contributed by atoms with Gasteiger partial charge in [0.2, 0.25) is 0 Å². The molecule has 0 aromatic carbocycles. The molecular formula is C14H29N3. The fourth-order valence-corrected chi connectivity index (χ4v) is 3.18. The van der Waals surface area contributed by atoms with E-state index in [1.165, 1.54) is 77.9 Å². The van der Waals surface area contributed by atoms with Crippen molar-refractivity contribution < 1.29 is 0 Å². The molecule has 0 bridgehead atoms. The normalized spacial score (nSPS) is 26.8. The topological polar surface area (TPSA) is 18.5 Å². The molecule has 2 heterocycles. The first-order valence-electron chi connectivity index (χ1n) is 7.46. The Hall–Kier alpha value is -0.120. The molecule has 2 saturated heterocycles. The number of hydrogen-bond donors (Lipinski definition) is 1. The third-order valence-electron chi connectivity index (χ3n) is 4.18. The van der Waals surface area contributed by atoms with Crippen molar-refractivity contribution in [2.75, 3.05) is 52.9 Å². The van der Waals surface area contributed by atoms with E-state index >= 15 is 0 Å². The van der Waals surface area contributed by atoms with Crippen LogP contribution in [0, 0.1) is 5.92 Å². The first-order chi connectivity index (χ1) is 8.34. The Kier molecular flexibility index (Phi) is 5.75. The van der Waals surface area contributed by atoms with Gasteiger partial charge in [0, 0.05) is 6.54 Å². The second-order valence-electron chi connectivity index (χ2n) is 5.88. The summed E-state index contributed by atoms with van der Waals surface area (Å²) in [7, 11) is 2.29. The van der Waals surface area contributed by atoms with Crippen LogP contribution in [0.1, 0.15) is 32.1 Å². The van der Waals surface area contributed by atoms with Crippen LogP contribution >= 0.6 is 0 Å². The fraction of sp³-hybridized carbons (Fsp3) is 1.00. The first-order valence-corrected chi connectivity index (χ1v) is 7.46. The van der Waals surface area contributed by atoms with E-state index in [1.807, 2.05) is 0 Å². The molecule has 0 aromatic heterocycles. The zero-order valence-corrected chi connectivity index (χ0v) is 11.5. The van der Waals surface area contributed by atoms with Crippen molar-refractivity contribution in [1.29, 1.82) is 0 Å². The summed E-state index contributed by atoms with van der Waals surface area (Å²) in [4.78, 5) is 5.16. The molecule has 3 nitrogen and oxygen atoms in total. The van der Waals surface area contributed by atoms with Gasteiger partial charge in [0.15, 0.2) is 0 Å². The molecule has 0 spiro atoms. The van der Waals surface area contributed by atoms with Crippen molar-refractivity contribution in [1.82, 2.24) is 15.1 Å². The van der Waals surface area contributed by atoms with E-state index in [2.05, 4.69) is 22.2 Å². The molecule has 1 N–H and O–H groups in total. The maximum atomic E-state index is 3.51. The van der Waals surface area contributed by atoms with E-state index in [1.54, 1.807) is 0 Å². The van der Waals surface area contributed by atoms with E-state index in [9.17, 15) is 0 Å². The largest absolute Gasteiger partial charge is 0.316 e. The highest BCUT2D eigenvalue weighted by Gasteiger charge is 2.15. The van der Waals surface area contributed by atoms with E-state index in [-0.39, 0.29) is 0 Å². The average molecular weight is 239 g/mol. The molecular weight excluding hydrogens is 210 g/mol. The molecule has 2 aliphatic heterocycles. The van der Waals surface area contributed by atoms with Gasteiger partial charge in [-0.25, -0.2) is 0 Å². The van der Waals surface area contributed by atoms with Crippen LogP contribution in [-0.2, 0) is 0 Å². The van der Waals surface area contributed by atoms with Crippen molar-refractivity contribution in [3.05, 3.63) is 0 Å². The third-order valence-corrected chi connectivity index (χ3v) is 4.18. The van der Waals surface area contributed by atoms with Gasteiger partial charge < -0.3 is 15.1 Å². The molecule has 0 amide bonds. The second kappa shape index (κ2) is 7.34. The van der Waals surface area contributed by atoms with Gasteiger partial charge in [-0.2, -0.15) is 0 Å². The zero-order chi connectivity index (χ0) is 11.9. The lowest BCUT2D eigenvalue weighted by Gasteiger charge is -2.28. The molecule has 100 valence electrons. The lowest BCUT2D eigenvalue weighted by molar-refractivity contribution is 0.228. The molecule has 0 saturated carbocycles. The molecule has 1 unspecified atom stereocenters. The van der Waals surface area contributed by atoms with Crippen molar-refractivity contribution in [2.45, 2.75) is 32.1 Å². The van der Waals surface area contributed by atoms with Gasteiger partial charge in [-0.3, -0.25) is 0 Å². The van der Waals surface area contributed by atoms with Gasteiger partial charge in [-0.15, -0.1) is 0 Å². The number of nitrogens with zero attached hydrogens (tertiary/aromatic N) is 2. The van der Waals surface area contributed by atoms with Crippen LogP contribution in [0.3, 0.4) is 0 Å². The van der Waals surface area contributed by atoms with E-state index < -0.39 is 0 Å². The molecule has 0 aliphatic carbocycles. The monoisotopic (exact) mass is 239 g/mol. The van der Waals surface area contributed by atoms with Gasteiger partial charge in [0.05, 0.1) is 0 Å². The quantitative estimate of drug-likeness (QED) is 0.756. The lowest BCUT2D eigenvalue weighted by Crippen LogP contribution is -2.37. The van der Waals surface area contributed by atoms with Crippen LogP contribution < -0.4 is 5.32 Å². The Bertz CT molecular complexity index is 196. The Labute approximate surface area is 107 Å². The third kappa shape index (κ3) is 4.94. The van der Waals surface area contributed by atoms with Crippen molar-refractivity contribution in [3.63, 3.8) is 0 Å². The maximum Gasteiger partial charge on any atom is 0.00188 e. The van der Waals surface area contributed by atoms with E-state index in [0.717, 1.165) is 5.92 Å². The maximum absolute atomic E-state index is 3.51. The minimum Gasteiger partial charge on any atom is -0.316 e. The molecule has 2 rings (SSSR count). The van der Waals surface area contributed by atoms with Gasteiger partial charge in [-0.1, -0.05) is 0 Å². The highest BCUT2D eigenvalue weighted by molar-refractivity contribution is 4.72. The van der Waals surface area contributed by atoms with Gasteiger partial charge >= 0.3 is 0 Å². The summed E-state index contributed by atoms with van der Waals surface area (Å²) in [5.74, 6) is 0.889. The van der Waals surface area contributed by atoms with Crippen molar-refractivity contribution in [3.8, 4) is 0 Å². The fourth-order valence-electron chi connectivity index (χ4n) is 3.18. The van der Waals surface area contributed by atoms with Crippen LogP contribution in [0.4, 0.5) is 0 Å². The SMILES string of the molecule is CN(CCCN1CCCC1)CC1CCCNC1. The van der Waals surface area contributed by atoms with Gasteiger partial charge in [0.25, 0.3) is 0 Å². The smallest absolute Gasteiger partial charge is 0.00188 e. The molecule has 1 atom stereocenters. The predicted octanol–water partition coefficient (Wildman–Crippen LogP) is 1.40. The Morgan fingerprint density at radius 2 is 2.06 bits per heavy atom. The summed E-state index contributed by atoms with van der Waals surface area (Å²) in [6.45, 7) is 9.02. The number of hydrogen-bond acceptors (Lipinski definition) is 3. The van der Waals surface area contributed by atoms with Crippen molar-refractivity contribution in [2.24, 2.45) is 5.92 Å². The summed E-state index contributed by atoms with van der Waals surface area (Å²) in [5, 5.41) is 3.51. The Balaban J connectivity index is 1.52. The second-order valence-corrected chi connectivity index (χ2v) is 5.88. The Morgan fingerprint density at radius 3 is 2.76 bits per heavy atom. The molecule has 2 fully saturated rings. The molecule has 0 radical (unpaired) electrons. The zero-order valence-electron chi connectivity index (χ0n) is 11.5. The highest BCUT2D eigenvalue weighted by Crippen LogP contribution is 2.11. The summed E-state index contributed by atoms with van der Waals surface area (Å²) >= 11 is 0. The predicted molar refractivity (Wildman–Crippen MR) is 73.4 cm³/mol. The molecule has 3 heteroatoms. The van der Waals surface area contributed by atoms with E-state index in [4.69, 9.17) is 0 Å². The summed E-state index contributed by atoms with van der Waals surface area (Å²) in [5.41, 5.74) is 0. The number of likely N-dealkylation sites (tertiary alicyclic amines) is 1.